The molecule has 0 atom stereocenters. The average Bonchev–Trinajstić information content (AvgIpc) is 2.91. The highest BCUT2D eigenvalue weighted by Crippen LogP contribution is 2.26. The number of nitrogens with two attached hydrogens (primary N) is 1. The van der Waals surface area contributed by atoms with Gasteiger partial charge in [0, 0.05) is 18.8 Å². The lowest BCUT2D eigenvalue weighted by Crippen LogP contribution is -2.38. The zero-order valence-corrected chi connectivity index (χ0v) is 12.8. The quantitative estimate of drug-likeness (QED) is 0.823. The molecule has 1 aliphatic heterocycles. The Balaban J connectivity index is 1.98. The van der Waals surface area contributed by atoms with Crippen LogP contribution in [0.3, 0.4) is 0 Å². The summed E-state index contributed by atoms with van der Waals surface area (Å²) < 4.78 is 28.8. The molecule has 1 aromatic carbocycles. The molecule has 0 saturated heterocycles. The molecule has 7 nitrogen and oxygen atoms in total. The van der Waals surface area contributed by atoms with Gasteiger partial charge in [0.2, 0.25) is 10.0 Å². The summed E-state index contributed by atoms with van der Waals surface area (Å²) in [5, 5.41) is 7.75. The van der Waals surface area contributed by atoms with Crippen LogP contribution in [0.25, 0.3) is 0 Å². The first-order valence-electron chi connectivity index (χ1n) is 6.63. The van der Waals surface area contributed by atoms with Gasteiger partial charge in [-0.2, -0.15) is 4.31 Å². The third kappa shape index (κ3) is 2.30. The van der Waals surface area contributed by atoms with Gasteiger partial charge in [-0.15, -0.1) is 10.2 Å². The standard InChI is InChI=1S/C13H17N5O2S/c1-9-5-11(6-12(14)10(9)2)21(19,20)18-4-3-17-8-15-16-13(17)7-18/h5-6,8H,3-4,7,14H2,1-2H3. The summed E-state index contributed by atoms with van der Waals surface area (Å²) in [4.78, 5) is 0.232. The molecule has 1 aromatic heterocycles. The first-order chi connectivity index (χ1) is 9.89. The summed E-state index contributed by atoms with van der Waals surface area (Å²) in [6, 6.07) is 3.19. The van der Waals surface area contributed by atoms with Crippen LogP contribution in [0.1, 0.15) is 17.0 Å². The fourth-order valence-electron chi connectivity index (χ4n) is 2.40. The maximum absolute atomic E-state index is 12.7. The number of nitrogens with zero attached hydrogens (tertiary/aromatic N) is 4. The van der Waals surface area contributed by atoms with Crippen molar-refractivity contribution in [1.29, 1.82) is 0 Å². The zero-order valence-electron chi connectivity index (χ0n) is 11.9. The smallest absolute Gasteiger partial charge is 0.243 e. The number of anilines is 1. The molecule has 0 saturated carbocycles. The number of benzene rings is 1. The van der Waals surface area contributed by atoms with Crippen LogP contribution in [0, 0.1) is 13.8 Å². The Morgan fingerprint density at radius 3 is 2.71 bits per heavy atom. The van der Waals surface area contributed by atoms with Crippen molar-refractivity contribution < 1.29 is 8.42 Å². The highest BCUT2D eigenvalue weighted by atomic mass is 32.2. The van der Waals surface area contributed by atoms with Gasteiger partial charge in [-0.3, -0.25) is 0 Å². The van der Waals surface area contributed by atoms with Crippen molar-refractivity contribution in [2.45, 2.75) is 31.8 Å². The molecule has 0 amide bonds. The van der Waals surface area contributed by atoms with E-state index in [-0.39, 0.29) is 11.4 Å². The summed E-state index contributed by atoms with van der Waals surface area (Å²) >= 11 is 0. The molecule has 2 aromatic rings. The second kappa shape index (κ2) is 4.81. The number of nitrogen functional groups attached to an aromatic ring is 1. The topological polar surface area (TPSA) is 94.1 Å². The van der Waals surface area contributed by atoms with Crippen LogP contribution in [-0.2, 0) is 23.1 Å². The Morgan fingerprint density at radius 2 is 2.00 bits per heavy atom. The molecule has 0 fully saturated rings. The van der Waals surface area contributed by atoms with Gasteiger partial charge >= 0.3 is 0 Å². The van der Waals surface area contributed by atoms with Gasteiger partial charge < -0.3 is 10.3 Å². The monoisotopic (exact) mass is 307 g/mol. The molecule has 2 heterocycles. The van der Waals surface area contributed by atoms with Crippen molar-refractivity contribution in [2.75, 3.05) is 12.3 Å². The lowest BCUT2D eigenvalue weighted by molar-refractivity contribution is 0.335. The van der Waals surface area contributed by atoms with Crippen molar-refractivity contribution >= 4 is 15.7 Å². The van der Waals surface area contributed by atoms with Crippen LogP contribution in [0.5, 0.6) is 0 Å². The Morgan fingerprint density at radius 1 is 1.24 bits per heavy atom. The molecule has 112 valence electrons. The van der Waals surface area contributed by atoms with Crippen LogP contribution in [0.4, 0.5) is 5.69 Å². The van der Waals surface area contributed by atoms with Crippen LogP contribution in [-0.4, -0.2) is 34.0 Å². The van der Waals surface area contributed by atoms with E-state index < -0.39 is 10.0 Å². The van der Waals surface area contributed by atoms with E-state index in [9.17, 15) is 8.42 Å². The predicted octanol–water partition coefficient (Wildman–Crippen LogP) is 0.682. The number of rotatable bonds is 2. The van der Waals surface area contributed by atoms with Crippen molar-refractivity contribution in [3.05, 3.63) is 35.4 Å². The van der Waals surface area contributed by atoms with Crippen LogP contribution in [0.15, 0.2) is 23.4 Å². The molecule has 0 unspecified atom stereocenters. The average molecular weight is 307 g/mol. The third-order valence-corrected chi connectivity index (χ3v) is 5.75. The van der Waals surface area contributed by atoms with Crippen LogP contribution in [0.2, 0.25) is 0 Å². The van der Waals surface area contributed by atoms with E-state index in [1.54, 1.807) is 12.4 Å². The van der Waals surface area contributed by atoms with E-state index in [2.05, 4.69) is 10.2 Å². The molecular formula is C13H17N5O2S. The maximum Gasteiger partial charge on any atom is 0.243 e. The number of aromatic nitrogens is 3. The molecule has 0 bridgehead atoms. The van der Waals surface area contributed by atoms with Crippen molar-refractivity contribution in [3.63, 3.8) is 0 Å². The Hall–Kier alpha value is -1.93. The number of aryl methyl sites for hydroxylation is 1. The molecule has 0 aliphatic carbocycles. The third-order valence-electron chi connectivity index (χ3n) is 3.92. The van der Waals surface area contributed by atoms with Gasteiger partial charge in [0.1, 0.15) is 12.2 Å². The lowest BCUT2D eigenvalue weighted by atomic mass is 10.1. The highest BCUT2D eigenvalue weighted by molar-refractivity contribution is 7.89. The van der Waals surface area contributed by atoms with Gasteiger partial charge in [-0.1, -0.05) is 0 Å². The van der Waals surface area contributed by atoms with Gasteiger partial charge in [0.25, 0.3) is 0 Å². The first-order valence-corrected chi connectivity index (χ1v) is 8.07. The van der Waals surface area contributed by atoms with E-state index in [0.717, 1.165) is 11.1 Å². The van der Waals surface area contributed by atoms with E-state index in [1.807, 2.05) is 18.4 Å². The normalized spacial score (nSPS) is 15.9. The van der Waals surface area contributed by atoms with E-state index >= 15 is 0 Å². The van der Waals surface area contributed by atoms with Gasteiger partial charge in [-0.25, -0.2) is 8.42 Å². The fraction of sp³-hybridized carbons (Fsp3) is 0.385. The fourth-order valence-corrected chi connectivity index (χ4v) is 3.91. The van der Waals surface area contributed by atoms with E-state index in [0.29, 0.717) is 24.6 Å². The van der Waals surface area contributed by atoms with Crippen molar-refractivity contribution in [1.82, 2.24) is 19.1 Å². The number of hydrogen-bond donors (Lipinski definition) is 1. The Labute approximate surface area is 123 Å². The van der Waals surface area contributed by atoms with Gasteiger partial charge in [0.15, 0.2) is 0 Å². The van der Waals surface area contributed by atoms with Gasteiger partial charge in [-0.05, 0) is 37.1 Å². The number of sulfonamides is 1. The zero-order chi connectivity index (χ0) is 15.2. The molecule has 21 heavy (non-hydrogen) atoms. The number of hydrogen-bond acceptors (Lipinski definition) is 5. The Kier molecular flexibility index (Phi) is 3.22. The summed E-state index contributed by atoms with van der Waals surface area (Å²) in [6.45, 7) is 4.93. The summed E-state index contributed by atoms with van der Waals surface area (Å²) in [7, 11) is -3.57. The lowest BCUT2D eigenvalue weighted by Gasteiger charge is -2.26. The van der Waals surface area contributed by atoms with Crippen LogP contribution < -0.4 is 5.73 Å². The second-order valence-electron chi connectivity index (χ2n) is 5.23. The van der Waals surface area contributed by atoms with E-state index in [1.165, 1.54) is 10.4 Å². The Bertz CT molecular complexity index is 774. The molecule has 8 heteroatoms. The highest BCUT2D eigenvalue weighted by Gasteiger charge is 2.29. The summed E-state index contributed by atoms with van der Waals surface area (Å²) in [5.41, 5.74) is 8.17. The molecule has 3 rings (SSSR count). The molecule has 0 spiro atoms. The minimum absolute atomic E-state index is 0.231. The summed E-state index contributed by atoms with van der Waals surface area (Å²) in [5.74, 6) is 0.654. The van der Waals surface area contributed by atoms with Gasteiger partial charge in [0.05, 0.1) is 11.4 Å². The SMILES string of the molecule is Cc1cc(S(=O)(=O)N2CCn3cnnc3C2)cc(N)c1C. The minimum Gasteiger partial charge on any atom is -0.398 e. The molecule has 0 radical (unpaired) electrons. The second-order valence-corrected chi connectivity index (χ2v) is 7.17. The maximum atomic E-state index is 12.7. The van der Waals surface area contributed by atoms with Crippen molar-refractivity contribution in [2.24, 2.45) is 0 Å². The van der Waals surface area contributed by atoms with Crippen molar-refractivity contribution in [3.8, 4) is 0 Å². The largest absolute Gasteiger partial charge is 0.398 e. The molecule has 1 aliphatic rings. The molecular weight excluding hydrogens is 290 g/mol. The number of fused-ring (bicyclic) bond motifs is 1. The van der Waals surface area contributed by atoms with Crippen LogP contribution >= 0.6 is 0 Å². The van der Waals surface area contributed by atoms with E-state index in [4.69, 9.17) is 5.73 Å². The summed E-state index contributed by atoms with van der Waals surface area (Å²) in [6.07, 6.45) is 1.62. The first kappa shape index (κ1) is 14.0. The molecule has 2 N–H and O–H groups in total. The predicted molar refractivity (Wildman–Crippen MR) is 77.9 cm³/mol. The minimum atomic E-state index is -3.57.